The first-order valence-corrected chi connectivity index (χ1v) is 5.08. The maximum Gasteiger partial charge on any atom is 0.309 e. The van der Waals surface area contributed by atoms with Crippen LogP contribution < -0.4 is 0 Å². The highest BCUT2D eigenvalue weighted by Crippen LogP contribution is 2.60. The normalized spacial score (nSPS) is 29.4. The number of rotatable bonds is 4. The summed E-state index contributed by atoms with van der Waals surface area (Å²) in [6, 6.07) is 0. The van der Waals surface area contributed by atoms with Crippen LogP contribution in [0.4, 0.5) is 0 Å². The molecule has 15 heavy (non-hydrogen) atoms. The fraction of sp³-hybridized carbons (Fsp3) is 0.818. The lowest BCUT2D eigenvalue weighted by molar-refractivity contribution is -0.143. The van der Waals surface area contributed by atoms with Crippen LogP contribution in [0.1, 0.15) is 27.2 Å². The fourth-order valence-corrected chi connectivity index (χ4v) is 2.19. The number of aliphatic hydroxyl groups is 1. The van der Waals surface area contributed by atoms with E-state index in [4.69, 9.17) is 0 Å². The van der Waals surface area contributed by atoms with Gasteiger partial charge in [0.2, 0.25) is 0 Å². The zero-order chi connectivity index (χ0) is 11.8. The van der Waals surface area contributed by atoms with Gasteiger partial charge in [-0.05, 0) is 24.7 Å². The van der Waals surface area contributed by atoms with Gasteiger partial charge < -0.3 is 9.84 Å². The Morgan fingerprint density at radius 1 is 1.47 bits per heavy atom. The van der Waals surface area contributed by atoms with Crippen molar-refractivity contribution in [2.24, 2.45) is 17.3 Å². The number of methoxy groups -OCH3 is 1. The van der Waals surface area contributed by atoms with Crippen molar-refractivity contribution in [2.75, 3.05) is 7.11 Å². The molecule has 4 nitrogen and oxygen atoms in total. The second kappa shape index (κ2) is 3.93. The first kappa shape index (κ1) is 12.2. The van der Waals surface area contributed by atoms with Gasteiger partial charge in [0.05, 0.1) is 13.0 Å². The van der Waals surface area contributed by atoms with Crippen molar-refractivity contribution in [3.05, 3.63) is 0 Å². The molecule has 0 amide bonds. The number of hydrogen-bond acceptors (Lipinski definition) is 4. The summed E-state index contributed by atoms with van der Waals surface area (Å²) in [5, 5.41) is 9.44. The monoisotopic (exact) mass is 214 g/mol. The Balaban J connectivity index is 2.59. The van der Waals surface area contributed by atoms with Crippen molar-refractivity contribution in [3.8, 4) is 0 Å². The molecule has 86 valence electrons. The molecule has 0 aromatic carbocycles. The molecule has 0 aliphatic heterocycles. The molecule has 3 atom stereocenters. The van der Waals surface area contributed by atoms with Crippen LogP contribution in [-0.2, 0) is 14.3 Å². The maximum atomic E-state index is 11.4. The lowest BCUT2D eigenvalue weighted by Crippen LogP contribution is -2.18. The summed E-state index contributed by atoms with van der Waals surface area (Å²) in [6.07, 6.45) is -0.605. The molecule has 1 rings (SSSR count). The van der Waals surface area contributed by atoms with Crippen LogP contribution in [0.15, 0.2) is 0 Å². The lowest BCUT2D eigenvalue weighted by atomic mass is 10.0. The van der Waals surface area contributed by atoms with Crippen LogP contribution in [0, 0.1) is 17.3 Å². The molecule has 0 unspecified atom stereocenters. The van der Waals surface area contributed by atoms with Gasteiger partial charge in [-0.15, -0.1) is 0 Å². The quantitative estimate of drug-likeness (QED) is 0.702. The topological polar surface area (TPSA) is 63.6 Å². The smallest absolute Gasteiger partial charge is 0.309 e. The molecule has 1 N–H and O–H groups in total. The van der Waals surface area contributed by atoms with E-state index in [-0.39, 0.29) is 29.0 Å². The van der Waals surface area contributed by atoms with E-state index in [1.807, 2.05) is 13.8 Å². The van der Waals surface area contributed by atoms with Gasteiger partial charge in [-0.25, -0.2) is 0 Å². The number of ketones is 1. The van der Waals surface area contributed by atoms with Crippen LogP contribution in [0.5, 0.6) is 0 Å². The maximum absolute atomic E-state index is 11.4. The van der Waals surface area contributed by atoms with E-state index in [1.54, 1.807) is 0 Å². The molecule has 0 bridgehead atoms. The van der Waals surface area contributed by atoms with Gasteiger partial charge in [0.1, 0.15) is 6.10 Å². The van der Waals surface area contributed by atoms with Crippen LogP contribution >= 0.6 is 0 Å². The van der Waals surface area contributed by atoms with Crippen LogP contribution in [0.25, 0.3) is 0 Å². The van der Waals surface area contributed by atoms with Gasteiger partial charge in [0, 0.05) is 0 Å². The molecule has 1 fully saturated rings. The van der Waals surface area contributed by atoms with E-state index in [1.165, 1.54) is 14.0 Å². The predicted molar refractivity (Wildman–Crippen MR) is 54.1 cm³/mol. The number of esters is 1. The highest BCUT2D eigenvalue weighted by molar-refractivity contribution is 5.81. The number of carbonyl (C=O) groups is 2. The van der Waals surface area contributed by atoms with Crippen molar-refractivity contribution < 1.29 is 19.4 Å². The van der Waals surface area contributed by atoms with E-state index in [2.05, 4.69) is 4.74 Å². The third kappa shape index (κ3) is 2.20. The van der Waals surface area contributed by atoms with Crippen molar-refractivity contribution >= 4 is 11.8 Å². The standard InChI is InChI=1S/C11H18O4/c1-6(12)8(13)5-7-9(10(14)15-4)11(7,2)3/h7-9,13H,5H2,1-4H3/t7-,8-,9-/m1/s1. The Morgan fingerprint density at radius 2 is 2.00 bits per heavy atom. The Kier molecular flexibility index (Phi) is 3.19. The van der Waals surface area contributed by atoms with Crippen molar-refractivity contribution in [1.82, 2.24) is 0 Å². The highest BCUT2D eigenvalue weighted by Gasteiger charge is 2.62. The fourth-order valence-electron chi connectivity index (χ4n) is 2.19. The number of aliphatic hydroxyl groups excluding tert-OH is 1. The number of ether oxygens (including phenoxy) is 1. The van der Waals surface area contributed by atoms with Gasteiger partial charge in [0.25, 0.3) is 0 Å². The van der Waals surface area contributed by atoms with Crippen LogP contribution in [0.2, 0.25) is 0 Å². The molecule has 0 spiro atoms. The average Bonchev–Trinajstić information content (AvgIpc) is 2.67. The van der Waals surface area contributed by atoms with Gasteiger partial charge in [-0.1, -0.05) is 13.8 Å². The van der Waals surface area contributed by atoms with E-state index in [0.29, 0.717) is 6.42 Å². The molecule has 1 aliphatic rings. The van der Waals surface area contributed by atoms with Gasteiger partial charge in [-0.2, -0.15) is 0 Å². The Labute approximate surface area is 89.6 Å². The molecule has 1 saturated carbocycles. The van der Waals surface area contributed by atoms with E-state index < -0.39 is 6.10 Å². The molecular weight excluding hydrogens is 196 g/mol. The Hall–Kier alpha value is -0.900. The average molecular weight is 214 g/mol. The second-order valence-electron chi connectivity index (χ2n) is 4.79. The lowest BCUT2D eigenvalue weighted by Gasteiger charge is -2.06. The second-order valence-corrected chi connectivity index (χ2v) is 4.79. The minimum atomic E-state index is -0.955. The van der Waals surface area contributed by atoms with Crippen molar-refractivity contribution in [1.29, 1.82) is 0 Å². The minimum Gasteiger partial charge on any atom is -0.469 e. The predicted octanol–water partition coefficient (Wildman–Crippen LogP) is 0.772. The molecule has 0 radical (unpaired) electrons. The summed E-state index contributed by atoms with van der Waals surface area (Å²) in [7, 11) is 1.36. The zero-order valence-electron chi connectivity index (χ0n) is 9.61. The SMILES string of the molecule is COC(=O)[C@H]1[C@@H](C[C@@H](O)C(C)=O)C1(C)C. The first-order valence-electron chi connectivity index (χ1n) is 5.08. The molecule has 0 aromatic rings. The summed E-state index contributed by atoms with van der Waals surface area (Å²) < 4.78 is 4.68. The number of carbonyl (C=O) groups excluding carboxylic acids is 2. The van der Waals surface area contributed by atoms with Gasteiger partial charge >= 0.3 is 5.97 Å². The zero-order valence-corrected chi connectivity index (χ0v) is 9.61. The molecular formula is C11H18O4. The molecule has 0 saturated heterocycles. The van der Waals surface area contributed by atoms with Gasteiger partial charge in [0.15, 0.2) is 5.78 Å². The molecule has 4 heteroatoms. The van der Waals surface area contributed by atoms with Gasteiger partial charge in [-0.3, -0.25) is 9.59 Å². The molecule has 1 aliphatic carbocycles. The third-order valence-corrected chi connectivity index (χ3v) is 3.45. The third-order valence-electron chi connectivity index (χ3n) is 3.45. The van der Waals surface area contributed by atoms with E-state index >= 15 is 0 Å². The van der Waals surface area contributed by atoms with Crippen molar-refractivity contribution in [3.63, 3.8) is 0 Å². The summed E-state index contributed by atoms with van der Waals surface area (Å²) in [6.45, 7) is 5.26. The van der Waals surface area contributed by atoms with E-state index in [0.717, 1.165) is 0 Å². The molecule has 0 aromatic heterocycles. The summed E-state index contributed by atoms with van der Waals surface area (Å²) in [5.74, 6) is -0.637. The summed E-state index contributed by atoms with van der Waals surface area (Å²) in [5.41, 5.74) is -0.163. The van der Waals surface area contributed by atoms with Crippen LogP contribution in [0.3, 0.4) is 0 Å². The highest BCUT2D eigenvalue weighted by atomic mass is 16.5. The largest absolute Gasteiger partial charge is 0.469 e. The van der Waals surface area contributed by atoms with Crippen molar-refractivity contribution in [2.45, 2.75) is 33.3 Å². The number of Topliss-reactive ketones (excluding diaryl/α,β-unsaturated/α-hetero) is 1. The first-order chi connectivity index (χ1) is 6.82. The summed E-state index contributed by atoms with van der Waals surface area (Å²) >= 11 is 0. The minimum absolute atomic E-state index is 0.0452. The molecule has 0 heterocycles. The summed E-state index contributed by atoms with van der Waals surface area (Å²) in [4.78, 5) is 22.3. The Morgan fingerprint density at radius 3 is 2.40 bits per heavy atom. The van der Waals surface area contributed by atoms with Crippen LogP contribution in [-0.4, -0.2) is 30.1 Å². The van der Waals surface area contributed by atoms with E-state index in [9.17, 15) is 14.7 Å². The Bertz CT molecular complexity index is 282. The number of hydrogen-bond donors (Lipinski definition) is 1.